The quantitative estimate of drug-likeness (QED) is 0.208. The maximum Gasteiger partial charge on any atom is 0.317 e. The average Bonchev–Trinajstić information content (AvgIpc) is 2.86. The van der Waals surface area contributed by atoms with Crippen molar-refractivity contribution >= 4 is 22.5 Å². The second-order valence-corrected chi connectivity index (χ2v) is 10.6. The Hall–Kier alpha value is -1.25. The van der Waals surface area contributed by atoms with Crippen LogP contribution in [0, 0.1) is 0 Å². The number of carbonyl (C=O) groups is 1. The van der Waals surface area contributed by atoms with Gasteiger partial charge in [-0.05, 0) is 5.56 Å². The lowest BCUT2D eigenvalue weighted by molar-refractivity contribution is -0.138. The van der Waals surface area contributed by atoms with Gasteiger partial charge in [0.05, 0.1) is 25.9 Å². The van der Waals surface area contributed by atoms with E-state index < -0.39 is 28.6 Å². The second kappa shape index (κ2) is 18.9. The Bertz CT molecular complexity index is 823. The maximum atomic E-state index is 11.3. The molecular formula is C22H40N4O10P2. The molecule has 4 N–H and O–H groups in total. The molecule has 1 saturated heterocycles. The van der Waals surface area contributed by atoms with E-state index in [0.717, 1.165) is 5.56 Å². The van der Waals surface area contributed by atoms with Crippen LogP contribution in [0.15, 0.2) is 30.3 Å². The molecule has 0 saturated carbocycles. The van der Waals surface area contributed by atoms with Gasteiger partial charge in [0.15, 0.2) is 0 Å². The number of β-amino-alcohol motifs (C(OH)–C–C–N with tert-alkyl or cyclic N) is 1. The fourth-order valence-corrected chi connectivity index (χ4v) is 4.49. The second-order valence-electron chi connectivity index (χ2n) is 8.94. The van der Waals surface area contributed by atoms with Gasteiger partial charge in [-0.1, -0.05) is 30.3 Å². The summed E-state index contributed by atoms with van der Waals surface area (Å²) in [5.41, 5.74) is 1.00. The molecule has 1 aliphatic heterocycles. The summed E-state index contributed by atoms with van der Waals surface area (Å²) in [7, 11) is -6.27. The zero-order valence-electron chi connectivity index (χ0n) is 21.4. The molecule has 1 aliphatic rings. The number of hydrogen-bond donors (Lipinski definition) is 4. The number of carboxylic acid groups (broad SMARTS) is 1. The Kier molecular flexibility index (Phi) is 16.4. The molecule has 0 radical (unpaired) electrons. The fraction of sp³-hybridized carbons (Fsp3) is 0.682. The SMILES string of the molecule is O=C(O)CN1CCN(CO[PH](=O)O)CCN(CC(O)COCc2ccccc2)CCN(CO[PH](=O)O)CC1. The fourth-order valence-electron chi connectivity index (χ4n) is 3.90. The summed E-state index contributed by atoms with van der Waals surface area (Å²) < 4.78 is 37.8. The first-order chi connectivity index (χ1) is 18.2. The summed E-state index contributed by atoms with van der Waals surface area (Å²) >= 11 is 0. The number of nitrogens with zero attached hydrogens (tertiary/aromatic N) is 4. The number of carboxylic acids is 1. The first kappa shape index (κ1) is 33.0. The number of hydrogen-bond acceptors (Lipinski definition) is 11. The molecule has 14 nitrogen and oxygen atoms in total. The zero-order valence-corrected chi connectivity index (χ0v) is 23.4. The summed E-state index contributed by atoms with van der Waals surface area (Å²) in [5, 5.41) is 19.9. The first-order valence-electron chi connectivity index (χ1n) is 12.3. The standard InChI is InChI=1S/C22H40N4O10P2/c27-21(17-34-16-20-4-2-1-3-5-20)14-23-6-10-25(18-35-37(30)31)12-8-24(15-22(28)29)9-13-26(11-7-23)19-36-38(32)33/h1-5,21,27,37-38H,6-19H2,(H,28,29)(H,30,31)(H,32,33). The molecule has 0 spiro atoms. The van der Waals surface area contributed by atoms with Crippen molar-refractivity contribution in [1.29, 1.82) is 0 Å². The number of rotatable bonds is 14. The normalized spacial score (nSPS) is 20.3. The van der Waals surface area contributed by atoms with Crippen molar-refractivity contribution in [3.8, 4) is 0 Å². The van der Waals surface area contributed by atoms with Crippen LogP contribution in [0.25, 0.3) is 0 Å². The molecule has 3 atom stereocenters. The third kappa shape index (κ3) is 15.4. The Labute approximate surface area is 224 Å². The van der Waals surface area contributed by atoms with Crippen molar-refractivity contribution in [2.75, 3.05) is 85.5 Å². The molecule has 1 fully saturated rings. The predicted molar refractivity (Wildman–Crippen MR) is 140 cm³/mol. The van der Waals surface area contributed by atoms with Crippen molar-refractivity contribution < 1.29 is 47.7 Å². The van der Waals surface area contributed by atoms with Crippen molar-refractivity contribution in [3.05, 3.63) is 35.9 Å². The van der Waals surface area contributed by atoms with Crippen LogP contribution in [0.1, 0.15) is 5.56 Å². The molecule has 0 aliphatic carbocycles. The zero-order chi connectivity index (χ0) is 27.8. The Morgan fingerprint density at radius 3 is 1.76 bits per heavy atom. The van der Waals surface area contributed by atoms with Gasteiger partial charge in [-0.25, -0.2) is 0 Å². The van der Waals surface area contributed by atoms with E-state index in [4.69, 9.17) is 23.6 Å². The smallest absolute Gasteiger partial charge is 0.317 e. The third-order valence-corrected chi connectivity index (χ3v) is 6.67. The summed E-state index contributed by atoms with van der Waals surface area (Å²) in [6, 6.07) is 9.63. The minimum atomic E-state index is -3.13. The van der Waals surface area contributed by atoms with Gasteiger partial charge in [-0.2, -0.15) is 0 Å². The highest BCUT2D eigenvalue weighted by Crippen LogP contribution is 2.16. The number of aliphatic hydroxyl groups is 1. The molecule has 3 unspecified atom stereocenters. The van der Waals surface area contributed by atoms with Crippen molar-refractivity contribution in [2.45, 2.75) is 12.7 Å². The highest BCUT2D eigenvalue weighted by molar-refractivity contribution is 7.32. The van der Waals surface area contributed by atoms with Crippen molar-refractivity contribution in [2.24, 2.45) is 0 Å². The van der Waals surface area contributed by atoms with E-state index in [0.29, 0.717) is 65.5 Å². The topological polar surface area (TPSA) is 173 Å². The van der Waals surface area contributed by atoms with Gasteiger partial charge in [0.1, 0.15) is 13.5 Å². The van der Waals surface area contributed by atoms with Gasteiger partial charge in [-0.3, -0.25) is 42.6 Å². The molecular weight excluding hydrogens is 542 g/mol. The van der Waals surface area contributed by atoms with Crippen LogP contribution < -0.4 is 0 Å². The Morgan fingerprint density at radius 1 is 0.816 bits per heavy atom. The molecule has 1 aromatic rings. The highest BCUT2D eigenvalue weighted by atomic mass is 31.1. The lowest BCUT2D eigenvalue weighted by Crippen LogP contribution is -2.48. The predicted octanol–water partition coefficient (Wildman–Crippen LogP) is -0.417. The molecule has 16 heteroatoms. The molecule has 0 amide bonds. The average molecular weight is 583 g/mol. The lowest BCUT2D eigenvalue weighted by atomic mass is 10.2. The van der Waals surface area contributed by atoms with Gasteiger partial charge >= 0.3 is 22.5 Å². The molecule has 0 aromatic heterocycles. The minimum Gasteiger partial charge on any atom is -0.480 e. The van der Waals surface area contributed by atoms with Crippen molar-refractivity contribution in [1.82, 2.24) is 19.6 Å². The molecule has 1 aromatic carbocycles. The van der Waals surface area contributed by atoms with Crippen LogP contribution in [0.3, 0.4) is 0 Å². The first-order valence-corrected chi connectivity index (χ1v) is 14.9. The van der Waals surface area contributed by atoms with Gasteiger partial charge in [-0.15, -0.1) is 0 Å². The minimum absolute atomic E-state index is 0.0868. The van der Waals surface area contributed by atoms with Crippen LogP contribution in [-0.2, 0) is 34.3 Å². The van der Waals surface area contributed by atoms with Crippen LogP contribution in [0.4, 0.5) is 0 Å². The van der Waals surface area contributed by atoms with Gasteiger partial charge in [0.25, 0.3) is 0 Å². The number of benzene rings is 1. The van der Waals surface area contributed by atoms with Crippen LogP contribution in [0.5, 0.6) is 0 Å². The van der Waals surface area contributed by atoms with Gasteiger partial charge in [0.2, 0.25) is 0 Å². The van der Waals surface area contributed by atoms with E-state index in [2.05, 4.69) is 0 Å². The lowest BCUT2D eigenvalue weighted by Gasteiger charge is -2.34. The van der Waals surface area contributed by atoms with Crippen LogP contribution >= 0.6 is 16.5 Å². The van der Waals surface area contributed by atoms with Crippen molar-refractivity contribution in [3.63, 3.8) is 0 Å². The van der Waals surface area contributed by atoms with Crippen LogP contribution in [-0.4, -0.2) is 137 Å². The van der Waals surface area contributed by atoms with Gasteiger partial charge < -0.3 is 24.7 Å². The number of ether oxygens (including phenoxy) is 1. The number of aliphatic carboxylic acids is 1. The monoisotopic (exact) mass is 582 g/mol. The van der Waals surface area contributed by atoms with Crippen LogP contribution in [0.2, 0.25) is 0 Å². The highest BCUT2D eigenvalue weighted by Gasteiger charge is 2.20. The van der Waals surface area contributed by atoms with E-state index in [9.17, 15) is 24.1 Å². The summed E-state index contributed by atoms with van der Waals surface area (Å²) in [6.07, 6.45) is -0.769. The van der Waals surface area contributed by atoms with E-state index in [1.165, 1.54) is 0 Å². The van der Waals surface area contributed by atoms with E-state index in [-0.39, 0.29) is 26.6 Å². The van der Waals surface area contributed by atoms with Gasteiger partial charge in [0, 0.05) is 58.9 Å². The Balaban J connectivity index is 2.03. The van der Waals surface area contributed by atoms with E-state index in [1.54, 1.807) is 4.90 Å². The summed E-state index contributed by atoms with van der Waals surface area (Å²) in [5.74, 6) is -0.988. The molecule has 2 rings (SSSR count). The molecule has 0 bridgehead atoms. The van der Waals surface area contributed by atoms with E-state index in [1.807, 2.05) is 45.0 Å². The molecule has 1 heterocycles. The molecule has 218 valence electrons. The summed E-state index contributed by atoms with van der Waals surface area (Å²) in [6.45, 7) is 3.79. The largest absolute Gasteiger partial charge is 0.480 e. The third-order valence-electron chi connectivity index (χ3n) is 5.92. The molecule has 38 heavy (non-hydrogen) atoms. The Morgan fingerprint density at radius 2 is 1.29 bits per heavy atom. The number of aliphatic hydroxyl groups excluding tert-OH is 1. The summed E-state index contributed by atoms with van der Waals surface area (Å²) in [4.78, 5) is 36.9. The van der Waals surface area contributed by atoms with E-state index >= 15 is 0 Å². The maximum absolute atomic E-state index is 11.3.